The highest BCUT2D eigenvalue weighted by molar-refractivity contribution is 6.34. The van der Waals surface area contributed by atoms with Gasteiger partial charge in [-0.1, -0.05) is 23.7 Å². The summed E-state index contributed by atoms with van der Waals surface area (Å²) >= 11 is 6.17. The number of aromatic nitrogens is 2. The molecule has 0 bridgehead atoms. The van der Waals surface area contributed by atoms with Crippen LogP contribution in [0.3, 0.4) is 0 Å². The van der Waals surface area contributed by atoms with Crippen molar-refractivity contribution in [1.29, 1.82) is 0 Å². The average molecular weight is 364 g/mol. The Hall–Kier alpha value is -3.18. The Morgan fingerprint density at radius 3 is 2.81 bits per heavy atom. The SMILES string of the molecule is Cc1ccc(C(=O)Nc2cccc(-c3nc4ncccc4o3)c2)c(Cl)c1. The number of nitrogens with zero attached hydrogens (tertiary/aromatic N) is 2. The number of halogens is 1. The number of pyridine rings is 1. The van der Waals surface area contributed by atoms with Crippen LogP contribution in [0.5, 0.6) is 0 Å². The van der Waals surface area contributed by atoms with Gasteiger partial charge in [0.25, 0.3) is 5.91 Å². The van der Waals surface area contributed by atoms with Crippen molar-refractivity contribution < 1.29 is 9.21 Å². The van der Waals surface area contributed by atoms with Gasteiger partial charge in [0.05, 0.1) is 10.6 Å². The van der Waals surface area contributed by atoms with Crippen molar-refractivity contribution in [3.8, 4) is 11.5 Å². The van der Waals surface area contributed by atoms with Gasteiger partial charge in [-0.3, -0.25) is 4.79 Å². The third-order valence-corrected chi connectivity index (χ3v) is 4.21. The highest BCUT2D eigenvalue weighted by Gasteiger charge is 2.13. The van der Waals surface area contributed by atoms with E-state index in [2.05, 4.69) is 15.3 Å². The van der Waals surface area contributed by atoms with Gasteiger partial charge in [-0.25, -0.2) is 4.98 Å². The summed E-state index contributed by atoms with van der Waals surface area (Å²) < 4.78 is 5.72. The summed E-state index contributed by atoms with van der Waals surface area (Å²) in [5.41, 5.74) is 3.95. The van der Waals surface area contributed by atoms with Crippen LogP contribution in [0.1, 0.15) is 15.9 Å². The molecule has 5 nitrogen and oxygen atoms in total. The number of hydrogen-bond donors (Lipinski definition) is 1. The number of hydrogen-bond acceptors (Lipinski definition) is 4. The fourth-order valence-corrected chi connectivity index (χ4v) is 2.95. The van der Waals surface area contributed by atoms with E-state index in [9.17, 15) is 4.79 Å². The van der Waals surface area contributed by atoms with Gasteiger partial charge in [0.2, 0.25) is 5.89 Å². The van der Waals surface area contributed by atoms with Crippen LogP contribution < -0.4 is 5.32 Å². The van der Waals surface area contributed by atoms with Crippen molar-refractivity contribution in [1.82, 2.24) is 9.97 Å². The molecule has 4 aromatic rings. The van der Waals surface area contributed by atoms with Crippen LogP contribution in [0.25, 0.3) is 22.7 Å². The molecule has 2 aromatic carbocycles. The third-order valence-electron chi connectivity index (χ3n) is 3.90. The van der Waals surface area contributed by atoms with Crippen LogP contribution in [0.4, 0.5) is 5.69 Å². The molecule has 0 aliphatic carbocycles. The summed E-state index contributed by atoms with van der Waals surface area (Å²) in [6.07, 6.45) is 1.66. The second-order valence-corrected chi connectivity index (χ2v) is 6.27. The zero-order valence-corrected chi connectivity index (χ0v) is 14.6. The van der Waals surface area contributed by atoms with E-state index >= 15 is 0 Å². The van der Waals surface area contributed by atoms with Crippen LogP contribution in [-0.2, 0) is 0 Å². The number of nitrogens with one attached hydrogen (secondary N) is 1. The summed E-state index contributed by atoms with van der Waals surface area (Å²) in [4.78, 5) is 21.0. The molecule has 0 saturated heterocycles. The predicted molar refractivity (Wildman–Crippen MR) is 101 cm³/mol. The van der Waals surface area contributed by atoms with Gasteiger partial charge in [-0.2, -0.15) is 4.98 Å². The molecule has 6 heteroatoms. The second-order valence-electron chi connectivity index (χ2n) is 5.86. The normalized spacial score (nSPS) is 10.8. The van der Waals surface area contributed by atoms with E-state index in [0.29, 0.717) is 33.4 Å². The largest absolute Gasteiger partial charge is 0.434 e. The molecule has 0 atom stereocenters. The minimum atomic E-state index is -0.272. The smallest absolute Gasteiger partial charge is 0.257 e. The summed E-state index contributed by atoms with van der Waals surface area (Å²) in [6, 6.07) is 16.2. The monoisotopic (exact) mass is 363 g/mol. The van der Waals surface area contributed by atoms with E-state index in [1.807, 2.05) is 31.2 Å². The molecule has 2 aromatic heterocycles. The minimum Gasteiger partial charge on any atom is -0.434 e. The average Bonchev–Trinajstić information content (AvgIpc) is 3.06. The number of aryl methyl sites for hydroxylation is 1. The van der Waals surface area contributed by atoms with Crippen LogP contribution in [0.15, 0.2) is 65.2 Å². The molecule has 0 unspecified atom stereocenters. The van der Waals surface area contributed by atoms with Crippen LogP contribution in [0, 0.1) is 6.92 Å². The maximum absolute atomic E-state index is 12.5. The molecule has 0 aliphatic heterocycles. The molecule has 1 N–H and O–H groups in total. The zero-order chi connectivity index (χ0) is 18.1. The van der Waals surface area contributed by atoms with Crippen molar-refractivity contribution in [2.24, 2.45) is 0 Å². The first-order valence-electron chi connectivity index (χ1n) is 8.00. The van der Waals surface area contributed by atoms with Crippen LogP contribution >= 0.6 is 11.6 Å². The zero-order valence-electron chi connectivity index (χ0n) is 13.9. The number of amides is 1. The number of oxazole rings is 1. The number of fused-ring (bicyclic) bond motifs is 1. The number of carbonyl (C=O) groups excluding carboxylic acids is 1. The standard InChI is InChI=1S/C20H14ClN3O2/c1-12-7-8-15(16(21)10-12)19(25)23-14-5-2-4-13(11-14)20-24-18-17(26-20)6-3-9-22-18/h2-11H,1H3,(H,23,25). The minimum absolute atomic E-state index is 0.272. The summed E-state index contributed by atoms with van der Waals surface area (Å²) in [7, 11) is 0. The van der Waals surface area contributed by atoms with E-state index < -0.39 is 0 Å². The Labute approximate surface area is 154 Å². The van der Waals surface area contributed by atoms with E-state index in [1.165, 1.54) is 0 Å². The van der Waals surface area contributed by atoms with E-state index in [-0.39, 0.29) is 5.91 Å². The number of anilines is 1. The molecule has 2 heterocycles. The molecule has 0 spiro atoms. The van der Waals surface area contributed by atoms with Gasteiger partial charge in [0.15, 0.2) is 11.2 Å². The van der Waals surface area contributed by atoms with Crippen LogP contribution in [0.2, 0.25) is 5.02 Å². The number of carbonyl (C=O) groups is 1. The van der Waals surface area contributed by atoms with Crippen LogP contribution in [-0.4, -0.2) is 15.9 Å². The maximum Gasteiger partial charge on any atom is 0.257 e. The maximum atomic E-state index is 12.5. The first kappa shape index (κ1) is 16.3. The lowest BCUT2D eigenvalue weighted by molar-refractivity contribution is 0.102. The highest BCUT2D eigenvalue weighted by atomic mass is 35.5. The fourth-order valence-electron chi connectivity index (χ4n) is 2.63. The molecular weight excluding hydrogens is 350 g/mol. The second kappa shape index (κ2) is 6.61. The van der Waals surface area contributed by atoms with Gasteiger partial charge in [0.1, 0.15) is 0 Å². The molecule has 128 valence electrons. The molecule has 0 saturated carbocycles. The van der Waals surface area contributed by atoms with E-state index in [0.717, 1.165) is 11.1 Å². The fraction of sp³-hybridized carbons (Fsp3) is 0.0500. The Bertz CT molecular complexity index is 1090. The van der Waals surface area contributed by atoms with Crippen molar-refractivity contribution in [2.75, 3.05) is 5.32 Å². The molecule has 26 heavy (non-hydrogen) atoms. The van der Waals surface area contributed by atoms with Crippen molar-refractivity contribution in [3.63, 3.8) is 0 Å². The topological polar surface area (TPSA) is 68.0 Å². The number of rotatable bonds is 3. The molecule has 0 radical (unpaired) electrons. The highest BCUT2D eigenvalue weighted by Crippen LogP contribution is 2.26. The summed E-state index contributed by atoms with van der Waals surface area (Å²) in [5.74, 6) is 0.176. The van der Waals surface area contributed by atoms with Gasteiger partial charge in [0, 0.05) is 17.4 Å². The van der Waals surface area contributed by atoms with Gasteiger partial charge in [-0.05, 0) is 55.0 Å². The lowest BCUT2D eigenvalue weighted by Crippen LogP contribution is -2.12. The Morgan fingerprint density at radius 2 is 2.00 bits per heavy atom. The Morgan fingerprint density at radius 1 is 1.12 bits per heavy atom. The van der Waals surface area contributed by atoms with E-state index in [1.54, 1.807) is 36.5 Å². The van der Waals surface area contributed by atoms with Gasteiger partial charge in [-0.15, -0.1) is 0 Å². The predicted octanol–water partition coefficient (Wildman–Crippen LogP) is 5.10. The lowest BCUT2D eigenvalue weighted by atomic mass is 10.1. The number of benzene rings is 2. The van der Waals surface area contributed by atoms with Gasteiger partial charge < -0.3 is 9.73 Å². The van der Waals surface area contributed by atoms with E-state index in [4.69, 9.17) is 16.0 Å². The first-order chi connectivity index (χ1) is 12.6. The third kappa shape index (κ3) is 3.17. The first-order valence-corrected chi connectivity index (χ1v) is 8.37. The Kier molecular flexibility index (Phi) is 4.14. The Balaban J connectivity index is 1.62. The van der Waals surface area contributed by atoms with Crippen molar-refractivity contribution >= 4 is 34.4 Å². The lowest BCUT2D eigenvalue weighted by Gasteiger charge is -2.08. The molecule has 0 fully saturated rings. The molecule has 0 aliphatic rings. The molecular formula is C20H14ClN3O2. The summed E-state index contributed by atoms with van der Waals surface area (Å²) in [5, 5.41) is 3.27. The quantitative estimate of drug-likeness (QED) is 0.549. The van der Waals surface area contributed by atoms with Gasteiger partial charge >= 0.3 is 0 Å². The van der Waals surface area contributed by atoms with Crippen molar-refractivity contribution in [2.45, 2.75) is 6.92 Å². The summed E-state index contributed by atoms with van der Waals surface area (Å²) in [6.45, 7) is 1.92. The molecule has 4 rings (SSSR count). The van der Waals surface area contributed by atoms with Crippen molar-refractivity contribution in [3.05, 3.63) is 76.9 Å². The molecule has 1 amide bonds.